The average molecular weight is 538 g/mol. The first kappa shape index (κ1) is 24.3. The molecule has 4 rings (SSSR count). The van der Waals surface area contributed by atoms with Crippen LogP contribution in [0.25, 0.3) is 16.7 Å². The van der Waals surface area contributed by atoms with Crippen molar-refractivity contribution in [3.8, 4) is 11.4 Å². The van der Waals surface area contributed by atoms with Crippen molar-refractivity contribution in [2.24, 2.45) is 5.10 Å². The fraction of sp³-hybridized carbons (Fsp3) is 0.192. The summed E-state index contributed by atoms with van der Waals surface area (Å²) in [6.07, 6.45) is 1.58. The number of hydrazone groups is 1. The van der Waals surface area contributed by atoms with E-state index in [1.54, 1.807) is 37.4 Å². The number of esters is 1. The number of ether oxygens (including phenoxy) is 2. The standard InChI is InChI=1S/C26H24BrN3O5/c1-5-34-26(32)17-7-6-8-21(11-17)30-15(2)9-19(16(30)3)14-28-29-25(31)23-12-18-10-20(27)13-22(33-4)24(18)35-23/h6-14H,5H2,1-4H3,(H,29,31)/b28-14-. The number of aromatic nitrogens is 1. The lowest BCUT2D eigenvalue weighted by atomic mass is 10.2. The predicted molar refractivity (Wildman–Crippen MR) is 137 cm³/mol. The van der Waals surface area contributed by atoms with E-state index in [0.717, 1.165) is 32.5 Å². The van der Waals surface area contributed by atoms with E-state index in [0.29, 0.717) is 23.5 Å². The van der Waals surface area contributed by atoms with Crippen LogP contribution in [0, 0.1) is 13.8 Å². The van der Waals surface area contributed by atoms with Crippen molar-refractivity contribution in [3.05, 3.63) is 81.3 Å². The fourth-order valence-electron chi connectivity index (χ4n) is 3.87. The van der Waals surface area contributed by atoms with E-state index in [4.69, 9.17) is 13.9 Å². The van der Waals surface area contributed by atoms with Crippen LogP contribution in [0.4, 0.5) is 0 Å². The van der Waals surface area contributed by atoms with Gasteiger partial charge in [-0.3, -0.25) is 4.79 Å². The summed E-state index contributed by atoms with van der Waals surface area (Å²) in [5.41, 5.74) is 6.98. The molecule has 35 heavy (non-hydrogen) atoms. The molecule has 0 bridgehead atoms. The second-order valence-corrected chi connectivity index (χ2v) is 8.68. The van der Waals surface area contributed by atoms with Gasteiger partial charge in [-0.1, -0.05) is 22.0 Å². The van der Waals surface area contributed by atoms with Crippen molar-refractivity contribution < 1.29 is 23.5 Å². The number of rotatable bonds is 7. The molecule has 0 spiro atoms. The molecule has 0 aliphatic carbocycles. The van der Waals surface area contributed by atoms with Crippen LogP contribution in [-0.4, -0.2) is 36.4 Å². The molecule has 0 saturated heterocycles. The predicted octanol–water partition coefficient (Wildman–Crippen LogP) is 5.55. The molecular formula is C26H24BrN3O5. The molecular weight excluding hydrogens is 514 g/mol. The number of carbonyl (C=O) groups excluding carboxylic acids is 2. The molecule has 4 aromatic rings. The van der Waals surface area contributed by atoms with Gasteiger partial charge in [0.05, 0.1) is 25.5 Å². The van der Waals surface area contributed by atoms with Gasteiger partial charge in [0, 0.05) is 32.5 Å². The summed E-state index contributed by atoms with van der Waals surface area (Å²) in [5, 5.41) is 4.85. The average Bonchev–Trinajstić information content (AvgIpc) is 3.39. The van der Waals surface area contributed by atoms with E-state index in [-0.39, 0.29) is 11.7 Å². The van der Waals surface area contributed by atoms with Crippen LogP contribution in [0.3, 0.4) is 0 Å². The van der Waals surface area contributed by atoms with Gasteiger partial charge in [-0.05, 0) is 63.2 Å². The smallest absolute Gasteiger partial charge is 0.338 e. The van der Waals surface area contributed by atoms with Crippen molar-refractivity contribution in [2.45, 2.75) is 20.8 Å². The molecule has 2 heterocycles. The Balaban J connectivity index is 1.54. The van der Waals surface area contributed by atoms with Gasteiger partial charge in [0.15, 0.2) is 17.1 Å². The largest absolute Gasteiger partial charge is 0.493 e. The summed E-state index contributed by atoms with van der Waals surface area (Å²) in [6.45, 7) is 5.99. The van der Waals surface area contributed by atoms with Gasteiger partial charge >= 0.3 is 11.9 Å². The summed E-state index contributed by atoms with van der Waals surface area (Å²) < 4.78 is 18.9. The topological polar surface area (TPSA) is 95.1 Å². The molecule has 0 fully saturated rings. The third-order valence-electron chi connectivity index (χ3n) is 5.45. The van der Waals surface area contributed by atoms with Gasteiger partial charge in [-0.25, -0.2) is 10.2 Å². The Morgan fingerprint density at radius 1 is 1.17 bits per heavy atom. The first-order chi connectivity index (χ1) is 16.8. The molecule has 0 aliphatic heterocycles. The first-order valence-corrected chi connectivity index (χ1v) is 11.7. The SMILES string of the molecule is CCOC(=O)c1cccc(-n2c(C)cc(/C=N\NC(=O)c3cc4cc(Br)cc(OC)c4o3)c2C)c1. The van der Waals surface area contributed by atoms with Crippen LogP contribution in [0.1, 0.15) is 44.8 Å². The molecule has 0 atom stereocenters. The van der Waals surface area contributed by atoms with Gasteiger partial charge in [0.25, 0.3) is 0 Å². The number of amides is 1. The molecule has 0 saturated carbocycles. The summed E-state index contributed by atoms with van der Waals surface area (Å²) in [6, 6.07) is 14.4. The maximum atomic E-state index is 12.6. The second kappa shape index (κ2) is 10.2. The van der Waals surface area contributed by atoms with Gasteiger partial charge in [-0.2, -0.15) is 5.10 Å². The molecule has 2 aromatic carbocycles. The third kappa shape index (κ3) is 5.00. The van der Waals surface area contributed by atoms with Crippen molar-refractivity contribution in [1.82, 2.24) is 9.99 Å². The Morgan fingerprint density at radius 2 is 1.97 bits per heavy atom. The summed E-state index contributed by atoms with van der Waals surface area (Å²) in [5.74, 6) is -0.199. The van der Waals surface area contributed by atoms with Crippen LogP contribution in [-0.2, 0) is 4.74 Å². The molecule has 180 valence electrons. The molecule has 0 unspecified atom stereocenters. The second-order valence-electron chi connectivity index (χ2n) is 7.77. The van der Waals surface area contributed by atoms with Gasteiger partial charge in [0.2, 0.25) is 0 Å². The Kier molecular flexibility index (Phi) is 7.07. The molecule has 8 nitrogen and oxygen atoms in total. The number of halogens is 1. The number of carbonyl (C=O) groups is 2. The number of nitrogens with zero attached hydrogens (tertiary/aromatic N) is 2. The van der Waals surface area contributed by atoms with Crippen LogP contribution in [0.2, 0.25) is 0 Å². The lowest BCUT2D eigenvalue weighted by molar-refractivity contribution is 0.0526. The van der Waals surface area contributed by atoms with Crippen LogP contribution < -0.4 is 10.2 Å². The summed E-state index contributed by atoms with van der Waals surface area (Å²) in [7, 11) is 1.54. The Bertz CT molecular complexity index is 1450. The number of aryl methyl sites for hydroxylation is 1. The maximum absolute atomic E-state index is 12.6. The van der Waals surface area contributed by atoms with Crippen LogP contribution in [0.5, 0.6) is 5.75 Å². The van der Waals surface area contributed by atoms with E-state index in [1.165, 1.54) is 7.11 Å². The number of hydrogen-bond donors (Lipinski definition) is 1. The third-order valence-corrected chi connectivity index (χ3v) is 5.90. The maximum Gasteiger partial charge on any atom is 0.338 e. The fourth-order valence-corrected chi connectivity index (χ4v) is 4.32. The molecule has 9 heteroatoms. The van der Waals surface area contributed by atoms with Gasteiger partial charge in [0.1, 0.15) is 0 Å². The normalized spacial score (nSPS) is 11.2. The minimum Gasteiger partial charge on any atom is -0.493 e. The lowest BCUT2D eigenvalue weighted by Crippen LogP contribution is -2.16. The monoisotopic (exact) mass is 537 g/mol. The van der Waals surface area contributed by atoms with E-state index in [1.807, 2.05) is 42.7 Å². The van der Waals surface area contributed by atoms with E-state index >= 15 is 0 Å². The summed E-state index contributed by atoms with van der Waals surface area (Å²) >= 11 is 3.42. The molecule has 0 radical (unpaired) electrons. The number of furan rings is 1. The number of methoxy groups -OCH3 is 1. The first-order valence-electron chi connectivity index (χ1n) is 10.9. The quantitative estimate of drug-likeness (QED) is 0.189. The summed E-state index contributed by atoms with van der Waals surface area (Å²) in [4.78, 5) is 24.7. The highest BCUT2D eigenvalue weighted by Crippen LogP contribution is 2.32. The van der Waals surface area contributed by atoms with E-state index in [2.05, 4.69) is 26.5 Å². The minimum atomic E-state index is -0.480. The molecule has 1 amide bonds. The molecule has 0 aliphatic rings. The van der Waals surface area contributed by atoms with E-state index in [9.17, 15) is 9.59 Å². The number of hydrogen-bond acceptors (Lipinski definition) is 6. The highest BCUT2D eigenvalue weighted by atomic mass is 79.9. The van der Waals surface area contributed by atoms with Crippen LogP contribution in [0.15, 0.2) is 62.5 Å². The van der Waals surface area contributed by atoms with Gasteiger partial charge in [-0.15, -0.1) is 0 Å². The van der Waals surface area contributed by atoms with Crippen molar-refractivity contribution >= 4 is 45.0 Å². The number of nitrogens with one attached hydrogen (secondary N) is 1. The minimum absolute atomic E-state index is 0.120. The highest BCUT2D eigenvalue weighted by Gasteiger charge is 2.16. The Hall–Kier alpha value is -3.85. The zero-order valence-electron chi connectivity index (χ0n) is 19.7. The highest BCUT2D eigenvalue weighted by molar-refractivity contribution is 9.10. The van der Waals surface area contributed by atoms with Crippen molar-refractivity contribution in [2.75, 3.05) is 13.7 Å². The lowest BCUT2D eigenvalue weighted by Gasteiger charge is -2.11. The van der Waals surface area contributed by atoms with Crippen LogP contribution >= 0.6 is 15.9 Å². The van der Waals surface area contributed by atoms with Crippen molar-refractivity contribution in [1.29, 1.82) is 0 Å². The zero-order chi connectivity index (χ0) is 25.1. The van der Waals surface area contributed by atoms with E-state index < -0.39 is 5.91 Å². The molecule has 2 aromatic heterocycles. The van der Waals surface area contributed by atoms with Crippen molar-refractivity contribution in [3.63, 3.8) is 0 Å². The Labute approximate surface area is 210 Å². The number of benzene rings is 2. The number of fused-ring (bicyclic) bond motifs is 1. The van der Waals surface area contributed by atoms with Gasteiger partial charge < -0.3 is 18.5 Å². The Morgan fingerprint density at radius 3 is 2.71 bits per heavy atom. The molecule has 1 N–H and O–H groups in total. The zero-order valence-corrected chi connectivity index (χ0v) is 21.3.